The number of benzene rings is 2. The minimum absolute atomic E-state index is 0.0143. The molecule has 1 heterocycles. The molecule has 0 aliphatic carbocycles. The van der Waals surface area contributed by atoms with Gasteiger partial charge in [0.25, 0.3) is 5.91 Å². The molecule has 2 aromatic rings. The summed E-state index contributed by atoms with van der Waals surface area (Å²) >= 11 is 12.0. The fourth-order valence-electron chi connectivity index (χ4n) is 2.83. The third kappa shape index (κ3) is 2.45. The number of carbonyl (C=O) groups is 2. The summed E-state index contributed by atoms with van der Waals surface area (Å²) in [6.45, 7) is 1.46. The minimum atomic E-state index is -2.08. The highest BCUT2D eigenvalue weighted by Crippen LogP contribution is 2.46. The second-order valence-electron chi connectivity index (χ2n) is 5.66. The van der Waals surface area contributed by atoms with E-state index in [1.807, 2.05) is 0 Å². The van der Waals surface area contributed by atoms with Crippen molar-refractivity contribution < 1.29 is 19.8 Å². The topological polar surface area (TPSA) is 86.6 Å². The number of ketones is 1. The van der Waals surface area contributed by atoms with Crippen LogP contribution in [0.1, 0.15) is 22.8 Å². The number of fused-ring (bicyclic) bond motifs is 1. The first-order valence-corrected chi connectivity index (χ1v) is 7.87. The molecular weight excluding hydrogens is 353 g/mol. The Morgan fingerprint density at radius 1 is 1.21 bits per heavy atom. The maximum Gasteiger partial charge on any atom is 0.261 e. The number of nitrogens with one attached hydrogen (secondary N) is 1. The number of anilines is 1. The predicted octanol–water partition coefficient (Wildman–Crippen LogP) is 3.36. The lowest BCUT2D eigenvalue weighted by molar-refractivity contribution is -0.137. The highest BCUT2D eigenvalue weighted by molar-refractivity contribution is 6.37. The molecule has 0 fully saturated rings. The first-order chi connectivity index (χ1) is 11.2. The molecule has 0 bridgehead atoms. The number of rotatable bonds is 3. The molecule has 2 unspecified atom stereocenters. The van der Waals surface area contributed by atoms with Gasteiger partial charge in [-0.1, -0.05) is 30.1 Å². The van der Waals surface area contributed by atoms with Gasteiger partial charge in [0, 0.05) is 16.1 Å². The van der Waals surface area contributed by atoms with Crippen molar-refractivity contribution >= 4 is 40.6 Å². The van der Waals surface area contributed by atoms with Gasteiger partial charge in [0.15, 0.2) is 11.4 Å². The fourth-order valence-corrected chi connectivity index (χ4v) is 3.37. The van der Waals surface area contributed by atoms with Crippen molar-refractivity contribution in [2.24, 2.45) is 5.92 Å². The first kappa shape index (κ1) is 16.8. The van der Waals surface area contributed by atoms with E-state index in [0.717, 1.165) is 0 Å². The van der Waals surface area contributed by atoms with Gasteiger partial charge >= 0.3 is 0 Å². The lowest BCUT2D eigenvalue weighted by atomic mass is 9.79. The lowest BCUT2D eigenvalue weighted by Crippen LogP contribution is -2.44. The van der Waals surface area contributed by atoms with Crippen LogP contribution in [0.2, 0.25) is 10.0 Å². The Kier molecular flexibility index (Phi) is 4.03. The average molecular weight is 366 g/mol. The number of aliphatic hydroxyl groups is 1. The number of halogens is 2. The van der Waals surface area contributed by atoms with Crippen LogP contribution in [-0.2, 0) is 10.4 Å². The van der Waals surface area contributed by atoms with E-state index in [-0.39, 0.29) is 32.6 Å². The molecule has 2 aromatic carbocycles. The van der Waals surface area contributed by atoms with E-state index in [9.17, 15) is 19.8 Å². The second-order valence-corrected chi connectivity index (χ2v) is 6.51. The third-order valence-corrected chi connectivity index (χ3v) is 4.74. The van der Waals surface area contributed by atoms with Crippen molar-refractivity contribution in [1.29, 1.82) is 0 Å². The number of hydrogen-bond acceptors (Lipinski definition) is 4. The van der Waals surface area contributed by atoms with Crippen LogP contribution in [0.25, 0.3) is 0 Å². The average Bonchev–Trinajstić information content (AvgIpc) is 2.80. The molecule has 0 aromatic heterocycles. The Morgan fingerprint density at radius 2 is 1.83 bits per heavy atom. The molecule has 1 aliphatic heterocycles. The Balaban J connectivity index is 2.06. The van der Waals surface area contributed by atoms with Crippen molar-refractivity contribution in [1.82, 2.24) is 0 Å². The molecule has 3 rings (SSSR count). The van der Waals surface area contributed by atoms with Gasteiger partial charge in [-0.2, -0.15) is 0 Å². The molecule has 7 heteroatoms. The fraction of sp³-hybridized carbons (Fsp3) is 0.176. The summed E-state index contributed by atoms with van der Waals surface area (Å²) < 4.78 is 0. The van der Waals surface area contributed by atoms with Crippen molar-refractivity contribution in [2.75, 3.05) is 5.32 Å². The van der Waals surface area contributed by atoms with Crippen LogP contribution in [0.4, 0.5) is 5.69 Å². The monoisotopic (exact) mass is 365 g/mol. The van der Waals surface area contributed by atoms with Crippen LogP contribution in [-0.4, -0.2) is 21.9 Å². The molecule has 1 aliphatic rings. The standard InChI is InChI=1S/C17H13Cl2NO4/c1-8(15(22)9-2-4-11(21)5-3-9)17(24)12-6-10(18)7-13(19)14(12)20-16(17)23/h2-8,21,24H,1H3,(H,20,23). The number of phenols is 1. The maximum absolute atomic E-state index is 12.7. The van der Waals surface area contributed by atoms with Crippen LogP contribution < -0.4 is 5.32 Å². The second kappa shape index (κ2) is 5.77. The quantitative estimate of drug-likeness (QED) is 0.727. The van der Waals surface area contributed by atoms with E-state index in [4.69, 9.17) is 23.2 Å². The smallest absolute Gasteiger partial charge is 0.261 e. The number of hydrogen-bond donors (Lipinski definition) is 3. The molecule has 24 heavy (non-hydrogen) atoms. The highest BCUT2D eigenvalue weighted by atomic mass is 35.5. The Morgan fingerprint density at radius 3 is 2.46 bits per heavy atom. The van der Waals surface area contributed by atoms with E-state index < -0.39 is 23.2 Å². The molecular formula is C17H13Cl2NO4. The van der Waals surface area contributed by atoms with Gasteiger partial charge in [0.2, 0.25) is 0 Å². The summed E-state index contributed by atoms with van der Waals surface area (Å²) in [5, 5.41) is 23.3. The Hall–Kier alpha value is -2.08. The van der Waals surface area contributed by atoms with Gasteiger partial charge in [0.05, 0.1) is 16.6 Å². The Labute approximate surface area is 147 Å². The van der Waals surface area contributed by atoms with Crippen molar-refractivity contribution in [2.45, 2.75) is 12.5 Å². The molecule has 0 spiro atoms. The molecule has 3 N–H and O–H groups in total. The number of Topliss-reactive ketones (excluding diaryl/α,β-unsaturated/α-hetero) is 1. The molecule has 0 saturated heterocycles. The SMILES string of the molecule is CC(C(=O)c1ccc(O)cc1)C1(O)C(=O)Nc2c(Cl)cc(Cl)cc21. The molecule has 5 nitrogen and oxygen atoms in total. The third-order valence-electron chi connectivity index (χ3n) is 4.22. The zero-order valence-electron chi connectivity index (χ0n) is 12.5. The van der Waals surface area contributed by atoms with E-state index >= 15 is 0 Å². The summed E-state index contributed by atoms with van der Waals surface area (Å²) in [6.07, 6.45) is 0. The maximum atomic E-state index is 12.7. The van der Waals surface area contributed by atoms with Gasteiger partial charge in [-0.25, -0.2) is 0 Å². The zero-order chi connectivity index (χ0) is 17.6. The van der Waals surface area contributed by atoms with Crippen LogP contribution in [0.3, 0.4) is 0 Å². The number of carbonyl (C=O) groups excluding carboxylic acids is 2. The molecule has 1 amide bonds. The molecule has 124 valence electrons. The highest BCUT2D eigenvalue weighted by Gasteiger charge is 2.52. The predicted molar refractivity (Wildman–Crippen MR) is 90.6 cm³/mol. The van der Waals surface area contributed by atoms with Gasteiger partial charge in [-0.05, 0) is 36.4 Å². The van der Waals surface area contributed by atoms with Crippen molar-refractivity contribution in [3.63, 3.8) is 0 Å². The summed E-state index contributed by atoms with van der Waals surface area (Å²) in [5.41, 5.74) is -1.40. The lowest BCUT2D eigenvalue weighted by Gasteiger charge is -2.27. The first-order valence-electron chi connectivity index (χ1n) is 7.11. The summed E-state index contributed by atoms with van der Waals surface area (Å²) in [7, 11) is 0. The number of phenolic OH excluding ortho intramolecular Hbond substituents is 1. The minimum Gasteiger partial charge on any atom is -0.508 e. The summed E-state index contributed by atoms with van der Waals surface area (Å²) in [4.78, 5) is 25.1. The van der Waals surface area contributed by atoms with Crippen LogP contribution in [0.15, 0.2) is 36.4 Å². The van der Waals surface area contributed by atoms with Crippen molar-refractivity contribution in [3.8, 4) is 5.75 Å². The van der Waals surface area contributed by atoms with Crippen LogP contribution in [0, 0.1) is 5.92 Å². The molecule has 0 radical (unpaired) electrons. The van der Waals surface area contributed by atoms with Gasteiger partial charge in [-0.3, -0.25) is 9.59 Å². The van der Waals surface area contributed by atoms with E-state index in [2.05, 4.69) is 5.32 Å². The summed E-state index contributed by atoms with van der Waals surface area (Å²) in [6, 6.07) is 8.44. The van der Waals surface area contributed by atoms with Crippen molar-refractivity contribution in [3.05, 3.63) is 57.6 Å². The van der Waals surface area contributed by atoms with Crippen LogP contribution in [0.5, 0.6) is 5.75 Å². The normalized spacial score (nSPS) is 20.4. The molecule has 0 saturated carbocycles. The van der Waals surface area contributed by atoms with Gasteiger partial charge in [-0.15, -0.1) is 0 Å². The number of aromatic hydroxyl groups is 1. The molecule has 2 atom stereocenters. The Bertz CT molecular complexity index is 850. The number of amides is 1. The van der Waals surface area contributed by atoms with Crippen LogP contribution >= 0.6 is 23.2 Å². The largest absolute Gasteiger partial charge is 0.508 e. The van der Waals surface area contributed by atoms with E-state index in [0.29, 0.717) is 0 Å². The van der Waals surface area contributed by atoms with Gasteiger partial charge < -0.3 is 15.5 Å². The zero-order valence-corrected chi connectivity index (χ0v) is 14.0. The van der Waals surface area contributed by atoms with Gasteiger partial charge in [0.1, 0.15) is 5.75 Å². The van der Waals surface area contributed by atoms with E-state index in [1.165, 1.54) is 43.3 Å². The van der Waals surface area contributed by atoms with E-state index in [1.54, 1.807) is 0 Å². The summed E-state index contributed by atoms with van der Waals surface area (Å²) in [5.74, 6) is -2.25.